The third kappa shape index (κ3) is 2.82. The summed E-state index contributed by atoms with van der Waals surface area (Å²) in [5.74, 6) is 0. The average Bonchev–Trinajstić information content (AvgIpc) is 2.79. The molecule has 0 atom stereocenters. The largest absolute Gasteiger partial charge is 0.340 e. The van der Waals surface area contributed by atoms with Crippen LogP contribution >= 0.6 is 11.8 Å². The Balaban J connectivity index is 2.07. The minimum atomic E-state index is 0.780. The van der Waals surface area contributed by atoms with Gasteiger partial charge in [-0.1, -0.05) is 48.5 Å². The molecule has 0 aliphatic rings. The number of nitrogens with one attached hydrogen (secondary N) is 1. The van der Waals surface area contributed by atoms with Crippen LogP contribution in [0.5, 0.6) is 0 Å². The van der Waals surface area contributed by atoms with Crippen molar-refractivity contribution in [3.8, 4) is 0 Å². The van der Waals surface area contributed by atoms with Gasteiger partial charge in [-0.2, -0.15) is 0 Å². The molecular weight excluding hydrogens is 280 g/mol. The maximum atomic E-state index is 5.63. The van der Waals surface area contributed by atoms with Crippen LogP contribution in [0.25, 0.3) is 10.9 Å². The topological polar surface area (TPSA) is 17.0 Å². The maximum Gasteiger partial charge on any atom is 0.0488 e. The Morgan fingerprint density at radius 1 is 1.00 bits per heavy atom. The van der Waals surface area contributed by atoms with Gasteiger partial charge in [0.25, 0.3) is 0 Å². The Morgan fingerprint density at radius 2 is 1.71 bits per heavy atom. The molecule has 1 N–H and O–H groups in total. The molecule has 108 valence electrons. The Hall–Kier alpha value is -1.77. The van der Waals surface area contributed by atoms with Crippen LogP contribution in [0, 0.1) is 6.92 Å². The van der Waals surface area contributed by atoms with E-state index in [4.69, 9.17) is 11.8 Å². The SMILES string of the molecule is Cc1c(CCNCl)c2ccccc2n1Cc1ccccc1. The molecule has 3 rings (SSSR count). The van der Waals surface area contributed by atoms with Crippen LogP contribution in [-0.2, 0) is 13.0 Å². The van der Waals surface area contributed by atoms with E-state index < -0.39 is 0 Å². The highest BCUT2D eigenvalue weighted by Crippen LogP contribution is 2.27. The first-order valence-corrected chi connectivity index (χ1v) is 7.63. The lowest BCUT2D eigenvalue weighted by molar-refractivity contribution is 0.788. The Kier molecular flexibility index (Phi) is 4.28. The van der Waals surface area contributed by atoms with Crippen molar-refractivity contribution in [3.05, 3.63) is 71.4 Å². The normalized spacial score (nSPS) is 11.1. The van der Waals surface area contributed by atoms with E-state index in [1.165, 1.54) is 27.7 Å². The molecule has 1 aromatic heterocycles. The van der Waals surface area contributed by atoms with Crippen LogP contribution in [0.15, 0.2) is 54.6 Å². The molecule has 0 saturated heterocycles. The number of aromatic nitrogens is 1. The van der Waals surface area contributed by atoms with Crippen molar-refractivity contribution in [3.63, 3.8) is 0 Å². The van der Waals surface area contributed by atoms with E-state index >= 15 is 0 Å². The lowest BCUT2D eigenvalue weighted by Crippen LogP contribution is -2.06. The highest BCUT2D eigenvalue weighted by atomic mass is 35.5. The zero-order valence-electron chi connectivity index (χ0n) is 12.1. The van der Waals surface area contributed by atoms with Crippen molar-refractivity contribution in [2.24, 2.45) is 0 Å². The number of halogens is 1. The molecule has 3 aromatic rings. The average molecular weight is 299 g/mol. The second-order valence-electron chi connectivity index (χ2n) is 5.29. The van der Waals surface area contributed by atoms with Gasteiger partial charge >= 0.3 is 0 Å². The summed E-state index contributed by atoms with van der Waals surface area (Å²) in [7, 11) is 0. The summed E-state index contributed by atoms with van der Waals surface area (Å²) in [4.78, 5) is 2.73. The van der Waals surface area contributed by atoms with E-state index in [-0.39, 0.29) is 0 Å². The van der Waals surface area contributed by atoms with Crippen LogP contribution in [-0.4, -0.2) is 11.1 Å². The molecule has 0 aliphatic heterocycles. The monoisotopic (exact) mass is 298 g/mol. The minimum Gasteiger partial charge on any atom is -0.340 e. The Morgan fingerprint density at radius 3 is 2.48 bits per heavy atom. The van der Waals surface area contributed by atoms with E-state index in [0.717, 1.165) is 19.5 Å². The van der Waals surface area contributed by atoms with Crippen LogP contribution in [0.4, 0.5) is 0 Å². The predicted molar refractivity (Wildman–Crippen MR) is 89.8 cm³/mol. The summed E-state index contributed by atoms with van der Waals surface area (Å²) in [6.07, 6.45) is 0.942. The summed E-state index contributed by atoms with van der Waals surface area (Å²) >= 11 is 5.63. The van der Waals surface area contributed by atoms with Gasteiger partial charge in [0.15, 0.2) is 0 Å². The zero-order valence-corrected chi connectivity index (χ0v) is 12.9. The van der Waals surface area contributed by atoms with Gasteiger partial charge in [-0.25, -0.2) is 4.84 Å². The number of para-hydroxylation sites is 1. The fourth-order valence-electron chi connectivity index (χ4n) is 2.96. The van der Waals surface area contributed by atoms with E-state index in [9.17, 15) is 0 Å². The van der Waals surface area contributed by atoms with Crippen LogP contribution in [0.3, 0.4) is 0 Å². The van der Waals surface area contributed by atoms with Crippen LogP contribution in [0.2, 0.25) is 0 Å². The predicted octanol–water partition coefficient (Wildman–Crippen LogP) is 4.28. The van der Waals surface area contributed by atoms with Crippen molar-refractivity contribution in [1.82, 2.24) is 9.40 Å². The third-order valence-electron chi connectivity index (χ3n) is 4.01. The third-order valence-corrected chi connectivity index (χ3v) is 4.20. The number of benzene rings is 2. The summed E-state index contributed by atoms with van der Waals surface area (Å²) < 4.78 is 2.40. The molecule has 3 heteroatoms. The fraction of sp³-hybridized carbons (Fsp3) is 0.222. The van der Waals surface area contributed by atoms with Crippen molar-refractivity contribution in [2.45, 2.75) is 19.9 Å². The minimum absolute atomic E-state index is 0.780. The highest BCUT2D eigenvalue weighted by molar-refractivity contribution is 6.13. The smallest absolute Gasteiger partial charge is 0.0488 e. The molecular formula is C18H19ClN2. The molecule has 0 aliphatic carbocycles. The number of hydrogen-bond acceptors (Lipinski definition) is 1. The van der Waals surface area contributed by atoms with Gasteiger partial charge in [0.05, 0.1) is 0 Å². The number of nitrogens with zero attached hydrogens (tertiary/aromatic N) is 1. The van der Waals surface area contributed by atoms with E-state index in [0.29, 0.717) is 0 Å². The van der Waals surface area contributed by atoms with Crippen molar-refractivity contribution >= 4 is 22.7 Å². The number of rotatable bonds is 5. The first-order chi connectivity index (χ1) is 10.3. The Labute approximate surface area is 130 Å². The Bertz CT molecular complexity index is 732. The molecule has 0 amide bonds. The highest BCUT2D eigenvalue weighted by Gasteiger charge is 2.13. The van der Waals surface area contributed by atoms with Crippen molar-refractivity contribution < 1.29 is 0 Å². The second kappa shape index (κ2) is 6.33. The van der Waals surface area contributed by atoms with Gasteiger partial charge in [-0.3, -0.25) is 0 Å². The van der Waals surface area contributed by atoms with Gasteiger partial charge in [0.1, 0.15) is 0 Å². The zero-order chi connectivity index (χ0) is 14.7. The molecule has 21 heavy (non-hydrogen) atoms. The molecule has 1 heterocycles. The molecule has 2 nitrogen and oxygen atoms in total. The summed E-state index contributed by atoms with van der Waals surface area (Å²) in [5.41, 5.74) is 5.33. The number of fused-ring (bicyclic) bond motifs is 1. The van der Waals surface area contributed by atoms with Gasteiger partial charge < -0.3 is 4.57 Å². The lowest BCUT2D eigenvalue weighted by Gasteiger charge is -2.09. The summed E-state index contributed by atoms with van der Waals surface area (Å²) in [6.45, 7) is 3.88. The quantitative estimate of drug-likeness (QED) is 0.696. The first-order valence-electron chi connectivity index (χ1n) is 7.25. The van der Waals surface area contributed by atoms with Gasteiger partial charge in [-0.15, -0.1) is 0 Å². The molecule has 0 spiro atoms. The molecule has 0 bridgehead atoms. The standard InChI is InChI=1S/C18H19ClN2/c1-14-16(11-12-20-19)17-9-5-6-10-18(17)21(14)13-15-7-3-2-4-8-15/h2-10,20H,11-13H2,1H3. The fourth-order valence-corrected chi connectivity index (χ4v) is 3.05. The lowest BCUT2D eigenvalue weighted by atomic mass is 10.1. The number of hydrogen-bond donors (Lipinski definition) is 1. The molecule has 0 unspecified atom stereocenters. The summed E-state index contributed by atoms with van der Waals surface area (Å²) in [6, 6.07) is 19.2. The first kappa shape index (κ1) is 14.2. The molecule has 2 aromatic carbocycles. The van der Waals surface area contributed by atoms with Gasteiger partial charge in [0, 0.05) is 29.7 Å². The van der Waals surface area contributed by atoms with E-state index in [1.807, 2.05) is 0 Å². The van der Waals surface area contributed by atoms with Crippen LogP contribution in [0.1, 0.15) is 16.8 Å². The maximum absolute atomic E-state index is 5.63. The van der Waals surface area contributed by atoms with Crippen molar-refractivity contribution in [2.75, 3.05) is 6.54 Å². The van der Waals surface area contributed by atoms with Crippen LogP contribution < -0.4 is 4.84 Å². The summed E-state index contributed by atoms with van der Waals surface area (Å²) in [5, 5.41) is 1.33. The molecule has 0 radical (unpaired) electrons. The van der Waals surface area contributed by atoms with Crippen molar-refractivity contribution in [1.29, 1.82) is 0 Å². The van der Waals surface area contributed by atoms with E-state index in [1.54, 1.807) is 0 Å². The van der Waals surface area contributed by atoms with E-state index in [2.05, 4.69) is 70.9 Å². The molecule has 0 fully saturated rings. The van der Waals surface area contributed by atoms with Gasteiger partial charge in [-0.05, 0) is 42.3 Å². The van der Waals surface area contributed by atoms with Gasteiger partial charge in [0.2, 0.25) is 0 Å². The molecule has 0 saturated carbocycles. The second-order valence-corrected chi connectivity index (χ2v) is 5.55.